The molecule has 0 aliphatic heterocycles. The topological polar surface area (TPSA) is 57.2 Å². The van der Waals surface area contributed by atoms with Crippen molar-refractivity contribution in [3.63, 3.8) is 0 Å². The fourth-order valence-electron chi connectivity index (χ4n) is 0.953. The van der Waals surface area contributed by atoms with Gasteiger partial charge in [0.05, 0.1) is 26.4 Å². The van der Waals surface area contributed by atoms with Crippen molar-refractivity contribution in [1.82, 2.24) is 0 Å². The standard InChI is InChI=1S/C9H20O5/c1-11-5-8(4-10)14-7-9(13-3)6-12-2/h8-10H,4-7H2,1-3H3. The average molecular weight is 208 g/mol. The van der Waals surface area contributed by atoms with Gasteiger partial charge < -0.3 is 24.1 Å². The first-order valence-corrected chi connectivity index (χ1v) is 4.51. The molecule has 0 bridgehead atoms. The van der Waals surface area contributed by atoms with Gasteiger partial charge in [-0.1, -0.05) is 0 Å². The summed E-state index contributed by atoms with van der Waals surface area (Å²) >= 11 is 0. The smallest absolute Gasteiger partial charge is 0.104 e. The van der Waals surface area contributed by atoms with Gasteiger partial charge in [-0.05, 0) is 0 Å². The predicted octanol–water partition coefficient (Wildman–Crippen LogP) is -0.328. The molecule has 2 atom stereocenters. The Hall–Kier alpha value is -0.200. The van der Waals surface area contributed by atoms with Crippen LogP contribution in [0.4, 0.5) is 0 Å². The average Bonchev–Trinajstić information content (AvgIpc) is 2.22. The van der Waals surface area contributed by atoms with Crippen molar-refractivity contribution >= 4 is 0 Å². The molecular weight excluding hydrogens is 188 g/mol. The van der Waals surface area contributed by atoms with Gasteiger partial charge in [-0.15, -0.1) is 0 Å². The molecule has 0 heterocycles. The van der Waals surface area contributed by atoms with Gasteiger partial charge in [-0.25, -0.2) is 0 Å². The highest BCUT2D eigenvalue weighted by Crippen LogP contribution is 1.97. The van der Waals surface area contributed by atoms with Crippen molar-refractivity contribution in [1.29, 1.82) is 0 Å². The lowest BCUT2D eigenvalue weighted by atomic mass is 10.3. The van der Waals surface area contributed by atoms with E-state index in [-0.39, 0.29) is 18.8 Å². The first kappa shape index (κ1) is 13.8. The lowest BCUT2D eigenvalue weighted by Gasteiger charge is -2.19. The van der Waals surface area contributed by atoms with Crippen LogP contribution < -0.4 is 0 Å². The van der Waals surface area contributed by atoms with Crippen LogP contribution in [0.5, 0.6) is 0 Å². The molecule has 0 rings (SSSR count). The number of methoxy groups -OCH3 is 3. The molecule has 0 saturated heterocycles. The molecule has 0 aliphatic rings. The molecule has 0 aliphatic carbocycles. The van der Waals surface area contributed by atoms with Gasteiger partial charge in [-0.3, -0.25) is 0 Å². The quantitative estimate of drug-likeness (QED) is 0.562. The zero-order chi connectivity index (χ0) is 10.8. The minimum atomic E-state index is -0.297. The summed E-state index contributed by atoms with van der Waals surface area (Å²) in [6.45, 7) is 1.18. The summed E-state index contributed by atoms with van der Waals surface area (Å²) < 4.78 is 20.2. The van der Waals surface area contributed by atoms with Gasteiger partial charge >= 0.3 is 0 Å². The van der Waals surface area contributed by atoms with Gasteiger partial charge in [-0.2, -0.15) is 0 Å². The van der Waals surface area contributed by atoms with Crippen LogP contribution in [0.1, 0.15) is 0 Å². The van der Waals surface area contributed by atoms with Gasteiger partial charge in [0.1, 0.15) is 12.2 Å². The van der Waals surface area contributed by atoms with E-state index in [9.17, 15) is 0 Å². The number of hydrogen-bond donors (Lipinski definition) is 1. The Balaban J connectivity index is 3.63. The summed E-state index contributed by atoms with van der Waals surface area (Å²) in [4.78, 5) is 0. The first-order valence-electron chi connectivity index (χ1n) is 4.51. The molecule has 0 aromatic carbocycles. The van der Waals surface area contributed by atoms with Crippen molar-refractivity contribution in [3.05, 3.63) is 0 Å². The monoisotopic (exact) mass is 208 g/mol. The molecule has 0 aromatic heterocycles. The van der Waals surface area contributed by atoms with E-state index in [0.29, 0.717) is 19.8 Å². The molecule has 1 N–H and O–H groups in total. The molecule has 0 spiro atoms. The minimum absolute atomic E-state index is 0.0583. The number of aliphatic hydroxyl groups excluding tert-OH is 1. The second-order valence-corrected chi connectivity index (χ2v) is 2.91. The number of aliphatic hydroxyl groups is 1. The molecule has 5 nitrogen and oxygen atoms in total. The lowest BCUT2D eigenvalue weighted by molar-refractivity contribution is -0.0838. The molecule has 0 radical (unpaired) electrons. The lowest BCUT2D eigenvalue weighted by Crippen LogP contribution is -2.31. The van der Waals surface area contributed by atoms with Crippen LogP contribution in [0.2, 0.25) is 0 Å². The van der Waals surface area contributed by atoms with Crippen molar-refractivity contribution in [3.8, 4) is 0 Å². The van der Waals surface area contributed by atoms with Gasteiger partial charge in [0, 0.05) is 21.3 Å². The number of ether oxygens (including phenoxy) is 4. The summed E-state index contributed by atoms with van der Waals surface area (Å²) in [7, 11) is 4.76. The molecule has 5 heteroatoms. The number of rotatable bonds is 9. The Bertz CT molecular complexity index is 106. The van der Waals surface area contributed by atoms with E-state index in [1.54, 1.807) is 21.3 Å². The summed E-state index contributed by atoms with van der Waals surface area (Å²) in [5, 5.41) is 8.90. The molecule has 14 heavy (non-hydrogen) atoms. The van der Waals surface area contributed by atoms with Crippen LogP contribution in [0.15, 0.2) is 0 Å². The maximum atomic E-state index is 8.90. The SMILES string of the molecule is COCC(COC(CO)COC)OC. The van der Waals surface area contributed by atoms with E-state index in [1.165, 1.54) is 0 Å². The van der Waals surface area contributed by atoms with Gasteiger partial charge in [0.2, 0.25) is 0 Å². The van der Waals surface area contributed by atoms with Gasteiger partial charge in [0.25, 0.3) is 0 Å². The second kappa shape index (κ2) is 9.36. The Kier molecular flexibility index (Phi) is 9.23. The molecule has 0 amide bonds. The van der Waals surface area contributed by atoms with Crippen molar-refractivity contribution in [2.24, 2.45) is 0 Å². The fraction of sp³-hybridized carbons (Fsp3) is 1.00. The van der Waals surface area contributed by atoms with E-state index >= 15 is 0 Å². The zero-order valence-electron chi connectivity index (χ0n) is 9.06. The Morgan fingerprint density at radius 1 is 0.929 bits per heavy atom. The van der Waals surface area contributed by atoms with Crippen LogP contribution in [-0.4, -0.2) is 65.1 Å². The van der Waals surface area contributed by atoms with Crippen molar-refractivity contribution < 1.29 is 24.1 Å². The third-order valence-electron chi connectivity index (χ3n) is 1.76. The molecular formula is C9H20O5. The first-order chi connectivity index (χ1) is 6.78. The van der Waals surface area contributed by atoms with Crippen LogP contribution in [0, 0.1) is 0 Å². The summed E-state index contributed by atoms with van der Waals surface area (Å²) in [6.07, 6.45) is -0.402. The van der Waals surface area contributed by atoms with Gasteiger partial charge in [0.15, 0.2) is 0 Å². The largest absolute Gasteiger partial charge is 0.394 e. The Morgan fingerprint density at radius 2 is 1.50 bits per heavy atom. The van der Waals surface area contributed by atoms with E-state index in [1.807, 2.05) is 0 Å². The van der Waals surface area contributed by atoms with E-state index in [0.717, 1.165) is 0 Å². The number of hydrogen-bond acceptors (Lipinski definition) is 5. The Labute approximate surface area is 84.9 Å². The minimum Gasteiger partial charge on any atom is -0.394 e. The fourth-order valence-corrected chi connectivity index (χ4v) is 0.953. The highest BCUT2D eigenvalue weighted by atomic mass is 16.6. The third-order valence-corrected chi connectivity index (χ3v) is 1.76. The van der Waals surface area contributed by atoms with Crippen LogP contribution in [0.3, 0.4) is 0 Å². The van der Waals surface area contributed by atoms with Crippen LogP contribution in [0.25, 0.3) is 0 Å². The highest BCUT2D eigenvalue weighted by Gasteiger charge is 2.12. The predicted molar refractivity (Wildman–Crippen MR) is 51.4 cm³/mol. The van der Waals surface area contributed by atoms with E-state index < -0.39 is 0 Å². The van der Waals surface area contributed by atoms with Crippen LogP contribution >= 0.6 is 0 Å². The summed E-state index contributed by atoms with van der Waals surface area (Å²) in [5.74, 6) is 0. The van der Waals surface area contributed by atoms with Crippen molar-refractivity contribution in [2.45, 2.75) is 12.2 Å². The zero-order valence-corrected chi connectivity index (χ0v) is 9.06. The normalized spacial score (nSPS) is 15.4. The maximum Gasteiger partial charge on any atom is 0.104 e. The van der Waals surface area contributed by atoms with E-state index in [4.69, 9.17) is 24.1 Å². The highest BCUT2D eigenvalue weighted by molar-refractivity contribution is 4.58. The van der Waals surface area contributed by atoms with E-state index in [2.05, 4.69) is 0 Å². The molecule has 0 fully saturated rings. The molecule has 0 saturated carbocycles. The summed E-state index contributed by atoms with van der Waals surface area (Å²) in [6, 6.07) is 0. The molecule has 2 unspecified atom stereocenters. The third kappa shape index (κ3) is 6.28. The maximum absolute atomic E-state index is 8.90. The van der Waals surface area contributed by atoms with Crippen LogP contribution in [-0.2, 0) is 18.9 Å². The molecule has 0 aromatic rings. The Morgan fingerprint density at radius 3 is 1.93 bits per heavy atom. The van der Waals surface area contributed by atoms with Crippen molar-refractivity contribution in [2.75, 3.05) is 47.8 Å². The second-order valence-electron chi connectivity index (χ2n) is 2.91. The summed E-state index contributed by atoms with van der Waals surface area (Å²) in [5.41, 5.74) is 0. The molecule has 86 valence electrons.